The van der Waals surface area contributed by atoms with Gasteiger partial charge in [-0.15, -0.1) is 10.2 Å². The van der Waals surface area contributed by atoms with Gasteiger partial charge in [-0.05, 0) is 60.5 Å². The van der Waals surface area contributed by atoms with Crippen LogP contribution in [0.5, 0.6) is 0 Å². The summed E-state index contributed by atoms with van der Waals surface area (Å²) in [5.74, 6) is 0.294. The summed E-state index contributed by atoms with van der Waals surface area (Å²) in [6.07, 6.45) is 4.41. The van der Waals surface area contributed by atoms with E-state index in [2.05, 4.69) is 20.5 Å². The second kappa shape index (κ2) is 8.15. The van der Waals surface area contributed by atoms with Gasteiger partial charge in [0.25, 0.3) is 5.91 Å². The standard InChI is InChI=1S/C19H18FN5O/c1-25(13-10-14-8-11-21-12-9-14)18-7-6-17(23-24-18)22-19(26)15-2-4-16(20)5-3-15/h2-9,11-12H,10,13H2,1H3,(H,22,23,26). The van der Waals surface area contributed by atoms with E-state index in [1.165, 1.54) is 29.8 Å². The van der Waals surface area contributed by atoms with Crippen LogP contribution in [-0.2, 0) is 6.42 Å². The summed E-state index contributed by atoms with van der Waals surface area (Å²) in [4.78, 5) is 18.1. The highest BCUT2D eigenvalue weighted by atomic mass is 19.1. The van der Waals surface area contributed by atoms with Crippen molar-refractivity contribution < 1.29 is 9.18 Å². The minimum atomic E-state index is -0.388. The number of nitrogens with one attached hydrogen (secondary N) is 1. The molecule has 0 saturated carbocycles. The third-order valence-electron chi connectivity index (χ3n) is 3.87. The molecule has 3 aromatic rings. The molecule has 3 rings (SSSR count). The van der Waals surface area contributed by atoms with Gasteiger partial charge in [0.05, 0.1) is 0 Å². The van der Waals surface area contributed by atoms with Gasteiger partial charge in [0.1, 0.15) is 5.82 Å². The molecule has 0 spiro atoms. The smallest absolute Gasteiger partial charge is 0.256 e. The average molecular weight is 351 g/mol. The van der Waals surface area contributed by atoms with Crippen LogP contribution < -0.4 is 10.2 Å². The lowest BCUT2D eigenvalue weighted by Gasteiger charge is -2.17. The lowest BCUT2D eigenvalue weighted by molar-refractivity contribution is 0.102. The lowest BCUT2D eigenvalue weighted by atomic mass is 10.2. The lowest BCUT2D eigenvalue weighted by Crippen LogP contribution is -2.22. The minimum Gasteiger partial charge on any atom is -0.358 e. The van der Waals surface area contributed by atoms with E-state index in [0.29, 0.717) is 17.2 Å². The molecule has 132 valence electrons. The first-order valence-electron chi connectivity index (χ1n) is 8.12. The Morgan fingerprint density at radius 3 is 2.42 bits per heavy atom. The summed E-state index contributed by atoms with van der Waals surface area (Å²) in [5.41, 5.74) is 1.55. The molecule has 1 N–H and O–H groups in total. The zero-order chi connectivity index (χ0) is 18.4. The van der Waals surface area contributed by atoms with Gasteiger partial charge < -0.3 is 10.2 Å². The topological polar surface area (TPSA) is 71.0 Å². The van der Waals surface area contributed by atoms with Crippen LogP contribution in [0.2, 0.25) is 0 Å². The van der Waals surface area contributed by atoms with Crippen LogP contribution in [0, 0.1) is 5.82 Å². The number of pyridine rings is 1. The highest BCUT2D eigenvalue weighted by Gasteiger charge is 2.09. The fourth-order valence-corrected chi connectivity index (χ4v) is 2.35. The Balaban J connectivity index is 1.57. The fourth-order valence-electron chi connectivity index (χ4n) is 2.35. The number of amides is 1. The van der Waals surface area contributed by atoms with Crippen LogP contribution in [0.15, 0.2) is 60.9 Å². The van der Waals surface area contributed by atoms with Gasteiger partial charge in [-0.1, -0.05) is 0 Å². The third kappa shape index (κ3) is 4.60. The first kappa shape index (κ1) is 17.5. The molecule has 0 saturated heterocycles. The maximum absolute atomic E-state index is 12.9. The van der Waals surface area contributed by atoms with Crippen molar-refractivity contribution in [2.24, 2.45) is 0 Å². The minimum absolute atomic E-state index is 0.339. The molecule has 0 aliphatic rings. The SMILES string of the molecule is CN(CCc1ccncc1)c1ccc(NC(=O)c2ccc(F)cc2)nn1. The number of hydrogen-bond acceptors (Lipinski definition) is 5. The molecule has 7 heteroatoms. The highest BCUT2D eigenvalue weighted by molar-refractivity contribution is 6.03. The van der Waals surface area contributed by atoms with Crippen molar-refractivity contribution in [3.05, 3.63) is 77.9 Å². The molecule has 0 fully saturated rings. The second-order valence-electron chi connectivity index (χ2n) is 5.76. The molecular formula is C19H18FN5O. The molecule has 6 nitrogen and oxygen atoms in total. The number of aromatic nitrogens is 3. The molecule has 26 heavy (non-hydrogen) atoms. The number of benzene rings is 1. The van der Waals surface area contributed by atoms with Crippen molar-refractivity contribution >= 4 is 17.5 Å². The van der Waals surface area contributed by atoms with Crippen LogP contribution >= 0.6 is 0 Å². The normalized spacial score (nSPS) is 10.4. The summed E-state index contributed by atoms with van der Waals surface area (Å²) in [7, 11) is 1.93. The number of likely N-dealkylation sites (N-methyl/N-ethyl adjacent to an activating group) is 1. The maximum atomic E-state index is 12.9. The molecule has 0 atom stereocenters. The van der Waals surface area contributed by atoms with Crippen molar-refractivity contribution in [3.8, 4) is 0 Å². The molecule has 2 aromatic heterocycles. The Labute approximate surface area is 150 Å². The Bertz CT molecular complexity index is 853. The van der Waals surface area contributed by atoms with Crippen LogP contribution in [0.3, 0.4) is 0 Å². The van der Waals surface area contributed by atoms with E-state index < -0.39 is 0 Å². The van der Waals surface area contributed by atoms with E-state index in [4.69, 9.17) is 0 Å². The van der Waals surface area contributed by atoms with Gasteiger partial charge >= 0.3 is 0 Å². The molecule has 0 aliphatic heterocycles. The first-order chi connectivity index (χ1) is 12.6. The monoisotopic (exact) mass is 351 g/mol. The van der Waals surface area contributed by atoms with E-state index >= 15 is 0 Å². The number of carbonyl (C=O) groups excluding carboxylic acids is 1. The zero-order valence-corrected chi connectivity index (χ0v) is 14.3. The van der Waals surface area contributed by atoms with E-state index in [-0.39, 0.29) is 11.7 Å². The van der Waals surface area contributed by atoms with E-state index in [9.17, 15) is 9.18 Å². The Morgan fingerprint density at radius 2 is 1.77 bits per heavy atom. The molecular weight excluding hydrogens is 333 g/mol. The second-order valence-corrected chi connectivity index (χ2v) is 5.76. The van der Waals surface area contributed by atoms with Crippen molar-refractivity contribution in [3.63, 3.8) is 0 Å². The Morgan fingerprint density at radius 1 is 1.04 bits per heavy atom. The van der Waals surface area contributed by atoms with Crippen molar-refractivity contribution in [1.82, 2.24) is 15.2 Å². The van der Waals surface area contributed by atoms with Gasteiger partial charge in [-0.25, -0.2) is 4.39 Å². The molecule has 0 bridgehead atoms. The van der Waals surface area contributed by atoms with Gasteiger partial charge in [-0.2, -0.15) is 0 Å². The van der Waals surface area contributed by atoms with Crippen LogP contribution in [0.25, 0.3) is 0 Å². The van der Waals surface area contributed by atoms with Gasteiger partial charge in [-0.3, -0.25) is 9.78 Å². The predicted molar refractivity (Wildman–Crippen MR) is 97.6 cm³/mol. The molecule has 2 heterocycles. The summed E-state index contributed by atoms with van der Waals surface area (Å²) in [5, 5.41) is 10.8. The number of nitrogens with zero attached hydrogens (tertiary/aromatic N) is 4. The Hall–Kier alpha value is -3.35. The van der Waals surface area contributed by atoms with E-state index in [1.54, 1.807) is 24.5 Å². The third-order valence-corrected chi connectivity index (χ3v) is 3.87. The molecule has 1 amide bonds. The number of carbonyl (C=O) groups is 1. The van der Waals surface area contributed by atoms with Crippen LogP contribution in [0.1, 0.15) is 15.9 Å². The van der Waals surface area contributed by atoms with Gasteiger partial charge in [0, 0.05) is 31.5 Å². The van der Waals surface area contributed by atoms with Crippen molar-refractivity contribution in [2.75, 3.05) is 23.8 Å². The van der Waals surface area contributed by atoms with E-state index in [1.807, 2.05) is 24.1 Å². The van der Waals surface area contributed by atoms with Crippen molar-refractivity contribution in [2.45, 2.75) is 6.42 Å². The van der Waals surface area contributed by atoms with Gasteiger partial charge in [0.2, 0.25) is 0 Å². The largest absolute Gasteiger partial charge is 0.358 e. The van der Waals surface area contributed by atoms with E-state index in [0.717, 1.165) is 13.0 Å². The molecule has 0 unspecified atom stereocenters. The molecule has 1 aromatic carbocycles. The molecule has 0 aliphatic carbocycles. The van der Waals surface area contributed by atoms with Crippen LogP contribution in [-0.4, -0.2) is 34.7 Å². The van der Waals surface area contributed by atoms with Crippen molar-refractivity contribution in [1.29, 1.82) is 0 Å². The predicted octanol–water partition coefficient (Wildman–Crippen LogP) is 2.94. The van der Waals surface area contributed by atoms with Gasteiger partial charge in [0.15, 0.2) is 11.6 Å². The number of rotatable bonds is 6. The summed E-state index contributed by atoms with van der Waals surface area (Å²) in [6, 6.07) is 12.7. The first-order valence-corrected chi connectivity index (χ1v) is 8.12. The molecule has 0 radical (unpaired) electrons. The summed E-state index contributed by atoms with van der Waals surface area (Å²) in [6.45, 7) is 0.778. The zero-order valence-electron chi connectivity index (χ0n) is 14.3. The Kier molecular flexibility index (Phi) is 5.48. The number of halogens is 1. The maximum Gasteiger partial charge on any atom is 0.256 e. The number of anilines is 2. The highest BCUT2D eigenvalue weighted by Crippen LogP contribution is 2.12. The quantitative estimate of drug-likeness (QED) is 0.739. The summed E-state index contributed by atoms with van der Waals surface area (Å²) >= 11 is 0. The average Bonchev–Trinajstić information content (AvgIpc) is 2.68. The number of hydrogen-bond donors (Lipinski definition) is 1. The fraction of sp³-hybridized carbons (Fsp3) is 0.158. The van der Waals surface area contributed by atoms with Crippen LogP contribution in [0.4, 0.5) is 16.0 Å². The summed E-state index contributed by atoms with van der Waals surface area (Å²) < 4.78 is 12.9.